The Labute approximate surface area is 404 Å². The van der Waals surface area contributed by atoms with Crippen LogP contribution in [0.4, 0.5) is 27.3 Å². The quantitative estimate of drug-likeness (QED) is 0.0932. The van der Waals surface area contributed by atoms with Gasteiger partial charge in [-0.3, -0.25) is 33.9 Å². The highest BCUT2D eigenvalue weighted by molar-refractivity contribution is 6.17. The zero-order valence-corrected chi connectivity index (χ0v) is 39.0. The number of halogens is 1. The van der Waals surface area contributed by atoms with Gasteiger partial charge >= 0.3 is 0 Å². The van der Waals surface area contributed by atoms with E-state index in [4.69, 9.17) is 9.47 Å². The molecule has 4 N–H and O–H groups in total. The predicted molar refractivity (Wildman–Crippen MR) is 261 cm³/mol. The second-order valence-electron chi connectivity index (χ2n) is 18.7. The standard InChI is InChI=1S/C52H55FN10O7/c1-32-3-12-42(48(65)57-32)63-31-34-25-46(55-28-40(34)49(63)66)56-29-47(64)62-23-21-60(22-24-62)30-33-14-19-61(20-15-33)43-27-41-39(26-45(43)69-2)44(13-18-54-41)70-38-10-8-37(9-11-38)59-51(68)52(16-17-52)50(67)58-36-6-4-35(53)5-7-36/h4-11,13,18,25-28,33,42H,1,3,12,14-17,19-24,29-31H2,2H3,(H,55,56)(H,57,65)(H,58,67)(H,59,68). The second-order valence-corrected chi connectivity index (χ2v) is 18.7. The van der Waals surface area contributed by atoms with E-state index in [2.05, 4.69) is 53.7 Å². The van der Waals surface area contributed by atoms with Crippen LogP contribution in [0.1, 0.15) is 54.4 Å². The SMILES string of the molecule is C=C1CCC(N2Cc3cc(NCC(=O)N4CCN(CC5CCN(c6cc7nccc(Oc8ccc(NC(=O)C9(C(=O)Nc%10ccc(F)cc%10)CC9)cc8)c7cc6OC)CC5)CC4)ncc3C2=O)C(=O)N1. The van der Waals surface area contributed by atoms with Gasteiger partial charge in [-0.1, -0.05) is 6.58 Å². The van der Waals surface area contributed by atoms with Crippen LogP contribution in [0.15, 0.2) is 97.5 Å². The van der Waals surface area contributed by atoms with Gasteiger partial charge in [0.05, 0.1) is 30.4 Å². The Morgan fingerprint density at radius 3 is 2.23 bits per heavy atom. The Morgan fingerprint density at radius 2 is 1.56 bits per heavy atom. The molecule has 3 aromatic carbocycles. The normalized spacial score (nSPS) is 19.1. The molecule has 17 nitrogen and oxygen atoms in total. The van der Waals surface area contributed by atoms with E-state index in [9.17, 15) is 28.4 Å². The summed E-state index contributed by atoms with van der Waals surface area (Å²) in [6, 6.07) is 19.5. The van der Waals surface area contributed by atoms with Crippen LogP contribution in [0.3, 0.4) is 0 Å². The summed E-state index contributed by atoms with van der Waals surface area (Å²) in [5.41, 5.74) is 3.45. The van der Waals surface area contributed by atoms with Gasteiger partial charge in [0.25, 0.3) is 5.91 Å². The van der Waals surface area contributed by atoms with Crippen LogP contribution in [0.25, 0.3) is 10.9 Å². The maximum absolute atomic E-state index is 13.3. The van der Waals surface area contributed by atoms with E-state index in [1.54, 1.807) is 54.6 Å². The Hall–Kier alpha value is -7.60. The van der Waals surface area contributed by atoms with E-state index >= 15 is 0 Å². The number of rotatable bonds is 14. The number of hydrogen-bond acceptors (Lipinski definition) is 12. The molecule has 10 rings (SSSR count). The molecule has 5 amide bonds. The average molecular weight is 951 g/mol. The number of methoxy groups -OCH3 is 1. The average Bonchev–Trinajstić information content (AvgIpc) is 4.13. The van der Waals surface area contributed by atoms with Gasteiger partial charge in [-0.05, 0) is 123 Å². The van der Waals surface area contributed by atoms with Crippen LogP contribution in [-0.2, 0) is 25.7 Å². The minimum atomic E-state index is -1.18. The summed E-state index contributed by atoms with van der Waals surface area (Å²) < 4.78 is 25.6. The van der Waals surface area contributed by atoms with Gasteiger partial charge in [-0.15, -0.1) is 0 Å². The number of pyridine rings is 2. The second kappa shape index (κ2) is 19.4. The molecular weight excluding hydrogens is 896 g/mol. The number of hydrogen-bond donors (Lipinski definition) is 4. The first-order chi connectivity index (χ1) is 33.9. The first-order valence-electron chi connectivity index (χ1n) is 23.8. The summed E-state index contributed by atoms with van der Waals surface area (Å²) in [6.45, 7) is 9.86. The molecule has 4 fully saturated rings. The Morgan fingerprint density at radius 1 is 0.857 bits per heavy atom. The highest BCUT2D eigenvalue weighted by Gasteiger charge is 2.56. The van der Waals surface area contributed by atoms with Crippen LogP contribution in [-0.4, -0.2) is 120 Å². The number of amides is 5. The van der Waals surface area contributed by atoms with Crippen molar-refractivity contribution in [2.75, 3.05) is 80.3 Å². The first-order valence-corrected chi connectivity index (χ1v) is 23.8. The predicted octanol–water partition coefficient (Wildman–Crippen LogP) is 6.15. The Kier molecular flexibility index (Phi) is 12.8. The van der Waals surface area contributed by atoms with Crippen molar-refractivity contribution in [2.24, 2.45) is 11.3 Å². The molecule has 1 unspecified atom stereocenters. The minimum absolute atomic E-state index is 0.000999. The van der Waals surface area contributed by atoms with Gasteiger partial charge in [0.1, 0.15) is 40.3 Å². The molecule has 1 saturated carbocycles. The lowest BCUT2D eigenvalue weighted by Gasteiger charge is -2.39. The molecule has 2 aromatic heterocycles. The van der Waals surface area contributed by atoms with Crippen LogP contribution >= 0.6 is 0 Å². The van der Waals surface area contributed by atoms with E-state index in [0.717, 1.165) is 73.5 Å². The maximum atomic E-state index is 13.3. The van der Waals surface area contributed by atoms with Crippen molar-refractivity contribution in [2.45, 2.75) is 51.1 Å². The highest BCUT2D eigenvalue weighted by Crippen LogP contribution is 2.48. The summed E-state index contributed by atoms with van der Waals surface area (Å²) in [7, 11) is 1.67. The molecule has 1 atom stereocenters. The van der Waals surface area contributed by atoms with Crippen LogP contribution < -0.4 is 35.6 Å². The molecular formula is C52H55FN10O7. The number of allylic oxidation sites excluding steroid dienone is 1. The number of nitrogens with zero attached hydrogens (tertiary/aromatic N) is 6. The Balaban J connectivity index is 0.677. The van der Waals surface area contributed by atoms with Crippen LogP contribution in [0.5, 0.6) is 17.2 Å². The molecule has 4 aliphatic heterocycles. The lowest BCUT2D eigenvalue weighted by atomic mass is 9.95. The number of fused-ring (bicyclic) bond motifs is 2. The number of ether oxygens (including phenoxy) is 2. The number of piperidine rings is 2. The van der Waals surface area contributed by atoms with Gasteiger partial charge in [-0.2, -0.15) is 0 Å². The maximum Gasteiger partial charge on any atom is 0.256 e. The summed E-state index contributed by atoms with van der Waals surface area (Å²) in [6.07, 6.45) is 7.28. The third-order valence-electron chi connectivity index (χ3n) is 14.2. The number of carbonyl (C=O) groups is 5. The molecule has 70 heavy (non-hydrogen) atoms. The molecule has 1 aliphatic carbocycles. The van der Waals surface area contributed by atoms with Gasteiger partial charge in [0.2, 0.25) is 23.6 Å². The van der Waals surface area contributed by atoms with E-state index in [1.807, 2.05) is 11.0 Å². The van der Waals surface area contributed by atoms with Crippen molar-refractivity contribution < 1.29 is 37.8 Å². The number of aromatic nitrogens is 2. The summed E-state index contributed by atoms with van der Waals surface area (Å²) in [5.74, 6) is 1.26. The lowest BCUT2D eigenvalue weighted by Crippen LogP contribution is -2.51. The van der Waals surface area contributed by atoms with Crippen molar-refractivity contribution in [1.29, 1.82) is 0 Å². The summed E-state index contributed by atoms with van der Waals surface area (Å²) in [5, 5.41) is 12.3. The number of benzene rings is 3. The topological polar surface area (TPSA) is 191 Å². The van der Waals surface area contributed by atoms with E-state index in [0.29, 0.717) is 91.2 Å². The third kappa shape index (κ3) is 9.68. The zero-order chi connectivity index (χ0) is 48.5. The zero-order valence-electron chi connectivity index (χ0n) is 39.0. The van der Waals surface area contributed by atoms with Crippen molar-refractivity contribution >= 4 is 63.3 Å². The number of carbonyl (C=O) groups excluding carboxylic acids is 5. The van der Waals surface area contributed by atoms with Gasteiger partial charge in [0.15, 0.2) is 0 Å². The van der Waals surface area contributed by atoms with Crippen molar-refractivity contribution in [3.05, 3.63) is 114 Å². The summed E-state index contributed by atoms with van der Waals surface area (Å²) in [4.78, 5) is 82.5. The fraction of sp³-hybridized carbons (Fsp3) is 0.365. The lowest BCUT2D eigenvalue weighted by molar-refractivity contribution is -0.132. The van der Waals surface area contributed by atoms with Crippen LogP contribution in [0, 0.1) is 17.2 Å². The van der Waals surface area contributed by atoms with Crippen molar-refractivity contribution in [1.82, 2.24) is 30.0 Å². The first kappa shape index (κ1) is 46.1. The molecule has 362 valence electrons. The largest absolute Gasteiger partial charge is 0.495 e. The third-order valence-corrected chi connectivity index (χ3v) is 14.2. The molecule has 6 heterocycles. The minimum Gasteiger partial charge on any atom is -0.495 e. The molecule has 5 aliphatic rings. The van der Waals surface area contributed by atoms with E-state index < -0.39 is 29.1 Å². The molecule has 18 heteroatoms. The van der Waals surface area contributed by atoms with E-state index in [-0.39, 0.29) is 24.3 Å². The van der Waals surface area contributed by atoms with Crippen LogP contribution in [0.2, 0.25) is 0 Å². The van der Waals surface area contributed by atoms with Gasteiger partial charge in [-0.25, -0.2) is 9.37 Å². The molecule has 5 aromatic rings. The summed E-state index contributed by atoms with van der Waals surface area (Å²) >= 11 is 0. The number of anilines is 4. The fourth-order valence-corrected chi connectivity index (χ4v) is 9.90. The fourth-order valence-electron chi connectivity index (χ4n) is 9.90. The molecule has 3 saturated heterocycles. The molecule has 0 radical (unpaired) electrons. The van der Waals surface area contributed by atoms with Crippen molar-refractivity contribution in [3.63, 3.8) is 0 Å². The van der Waals surface area contributed by atoms with E-state index in [1.165, 1.54) is 30.5 Å². The van der Waals surface area contributed by atoms with Gasteiger partial charge in [0, 0.05) is 87.2 Å². The number of nitrogens with one attached hydrogen (secondary N) is 4. The highest BCUT2D eigenvalue weighted by atomic mass is 19.1. The monoisotopic (exact) mass is 950 g/mol. The van der Waals surface area contributed by atoms with Gasteiger partial charge < -0.3 is 45.4 Å². The molecule has 0 spiro atoms. The Bertz CT molecular complexity index is 2860. The number of piperazine rings is 1. The smallest absolute Gasteiger partial charge is 0.256 e. The van der Waals surface area contributed by atoms with Crippen molar-refractivity contribution in [3.8, 4) is 17.2 Å². The molecule has 0 bridgehead atoms.